The number of ether oxygens (including phenoxy) is 1. The standard InChI is InChI=1S/C23H37N5OS/c1-8-24-23(26-17(3)13-20-18(4)27-28(6)19(20)5)25-14-16(2)15-30-22-12-10-9-11-21(22)29-7/h9-12,16-17H,8,13-15H2,1-7H3,(H2,24,25,26). The van der Waals surface area contributed by atoms with Gasteiger partial charge in [-0.2, -0.15) is 5.10 Å². The number of nitrogens with zero attached hydrogens (tertiary/aromatic N) is 3. The Morgan fingerprint density at radius 3 is 2.63 bits per heavy atom. The third-order valence-electron chi connectivity index (χ3n) is 5.05. The molecule has 166 valence electrons. The molecule has 2 rings (SSSR count). The summed E-state index contributed by atoms with van der Waals surface area (Å²) >= 11 is 1.82. The van der Waals surface area contributed by atoms with Crippen molar-refractivity contribution in [2.75, 3.05) is 26.0 Å². The maximum atomic E-state index is 5.44. The molecule has 0 spiro atoms. The van der Waals surface area contributed by atoms with Crippen molar-refractivity contribution in [2.45, 2.75) is 52.0 Å². The maximum absolute atomic E-state index is 5.44. The second-order valence-corrected chi connectivity index (χ2v) is 8.87. The molecule has 0 saturated carbocycles. The zero-order valence-electron chi connectivity index (χ0n) is 19.5. The van der Waals surface area contributed by atoms with Gasteiger partial charge in [0.2, 0.25) is 0 Å². The lowest BCUT2D eigenvalue weighted by Crippen LogP contribution is -2.43. The molecule has 1 aromatic carbocycles. The summed E-state index contributed by atoms with van der Waals surface area (Å²) in [6.07, 6.45) is 0.926. The molecule has 0 fully saturated rings. The number of para-hydroxylation sites is 1. The van der Waals surface area contributed by atoms with Gasteiger partial charge in [0.1, 0.15) is 5.75 Å². The van der Waals surface area contributed by atoms with E-state index in [1.165, 1.54) is 16.2 Å². The molecule has 6 nitrogen and oxygen atoms in total. The van der Waals surface area contributed by atoms with Crippen molar-refractivity contribution in [3.05, 3.63) is 41.2 Å². The van der Waals surface area contributed by atoms with Crippen molar-refractivity contribution >= 4 is 17.7 Å². The Bertz CT molecular complexity index is 833. The van der Waals surface area contributed by atoms with E-state index in [1.807, 2.05) is 41.7 Å². The van der Waals surface area contributed by atoms with Crippen LogP contribution in [0.1, 0.15) is 37.7 Å². The average molecular weight is 432 g/mol. The Kier molecular flexibility index (Phi) is 9.56. The number of hydrogen-bond donors (Lipinski definition) is 2. The monoisotopic (exact) mass is 431 g/mol. The topological polar surface area (TPSA) is 63.5 Å². The van der Waals surface area contributed by atoms with Crippen LogP contribution in [0.5, 0.6) is 5.75 Å². The van der Waals surface area contributed by atoms with Crippen molar-refractivity contribution in [1.82, 2.24) is 20.4 Å². The first-order valence-corrected chi connectivity index (χ1v) is 11.6. The summed E-state index contributed by atoms with van der Waals surface area (Å²) in [7, 11) is 3.72. The number of benzene rings is 1. The van der Waals surface area contributed by atoms with E-state index in [4.69, 9.17) is 9.73 Å². The predicted molar refractivity (Wildman–Crippen MR) is 128 cm³/mol. The van der Waals surface area contributed by atoms with Gasteiger partial charge < -0.3 is 15.4 Å². The Labute approximate surface area is 185 Å². The highest BCUT2D eigenvalue weighted by Crippen LogP contribution is 2.30. The molecule has 0 bridgehead atoms. The third kappa shape index (κ3) is 6.97. The number of aryl methyl sites for hydroxylation is 2. The number of guanidine groups is 1. The average Bonchev–Trinajstić information content (AvgIpc) is 2.96. The van der Waals surface area contributed by atoms with E-state index in [9.17, 15) is 0 Å². The predicted octanol–water partition coefficient (Wildman–Crippen LogP) is 3.96. The maximum Gasteiger partial charge on any atom is 0.191 e. The zero-order valence-corrected chi connectivity index (χ0v) is 20.3. The molecule has 2 unspecified atom stereocenters. The van der Waals surface area contributed by atoms with Crippen LogP contribution in [0.4, 0.5) is 0 Å². The molecule has 0 saturated heterocycles. The third-order valence-corrected chi connectivity index (χ3v) is 6.43. The summed E-state index contributed by atoms with van der Waals surface area (Å²) < 4.78 is 7.40. The number of nitrogens with one attached hydrogen (secondary N) is 2. The zero-order chi connectivity index (χ0) is 22.1. The van der Waals surface area contributed by atoms with Crippen LogP contribution in [0, 0.1) is 19.8 Å². The quantitative estimate of drug-likeness (QED) is 0.339. The van der Waals surface area contributed by atoms with Gasteiger partial charge in [-0.1, -0.05) is 19.1 Å². The number of hydrogen-bond acceptors (Lipinski definition) is 4. The SMILES string of the molecule is CCNC(=NCC(C)CSc1ccccc1OC)NC(C)Cc1c(C)nn(C)c1C. The summed E-state index contributed by atoms with van der Waals surface area (Å²) in [4.78, 5) is 6.01. The Morgan fingerprint density at radius 1 is 1.27 bits per heavy atom. The minimum atomic E-state index is 0.266. The molecule has 0 aliphatic heterocycles. The normalized spacial score (nSPS) is 13.8. The molecule has 2 atom stereocenters. The molecule has 2 aromatic rings. The van der Waals surface area contributed by atoms with Gasteiger partial charge in [-0.15, -0.1) is 11.8 Å². The van der Waals surface area contributed by atoms with E-state index in [-0.39, 0.29) is 6.04 Å². The van der Waals surface area contributed by atoms with Gasteiger partial charge in [0, 0.05) is 42.5 Å². The Hall–Kier alpha value is -2.15. The molecule has 0 radical (unpaired) electrons. The van der Waals surface area contributed by atoms with Gasteiger partial charge in [-0.25, -0.2) is 0 Å². The van der Waals surface area contributed by atoms with Crippen LogP contribution >= 0.6 is 11.8 Å². The minimum Gasteiger partial charge on any atom is -0.496 e. The molecule has 7 heteroatoms. The van der Waals surface area contributed by atoms with E-state index < -0.39 is 0 Å². The van der Waals surface area contributed by atoms with E-state index in [2.05, 4.69) is 56.4 Å². The highest BCUT2D eigenvalue weighted by molar-refractivity contribution is 7.99. The summed E-state index contributed by atoms with van der Waals surface area (Å²) in [6, 6.07) is 8.43. The molecule has 2 N–H and O–H groups in total. The lowest BCUT2D eigenvalue weighted by Gasteiger charge is -2.19. The Morgan fingerprint density at radius 2 is 2.00 bits per heavy atom. The molecule has 0 aliphatic rings. The highest BCUT2D eigenvalue weighted by atomic mass is 32.2. The second-order valence-electron chi connectivity index (χ2n) is 7.81. The summed E-state index contributed by atoms with van der Waals surface area (Å²) in [6.45, 7) is 12.3. The Balaban J connectivity index is 1.91. The van der Waals surface area contributed by atoms with Gasteiger partial charge in [0.05, 0.1) is 12.8 Å². The van der Waals surface area contributed by atoms with E-state index in [1.54, 1.807) is 7.11 Å². The second kappa shape index (κ2) is 11.9. The first kappa shape index (κ1) is 24.1. The summed E-state index contributed by atoms with van der Waals surface area (Å²) in [5, 5.41) is 11.5. The lowest BCUT2D eigenvalue weighted by atomic mass is 10.1. The fourth-order valence-electron chi connectivity index (χ4n) is 3.29. The molecule has 1 aromatic heterocycles. The fourth-order valence-corrected chi connectivity index (χ4v) is 4.33. The first-order chi connectivity index (χ1) is 14.3. The number of rotatable bonds is 10. The fraction of sp³-hybridized carbons (Fsp3) is 0.565. The smallest absolute Gasteiger partial charge is 0.191 e. The summed E-state index contributed by atoms with van der Waals surface area (Å²) in [5.41, 5.74) is 3.65. The van der Waals surface area contributed by atoms with Crippen molar-refractivity contribution in [3.8, 4) is 5.75 Å². The lowest BCUT2D eigenvalue weighted by molar-refractivity contribution is 0.405. The molecule has 0 aliphatic carbocycles. The molecular formula is C23H37N5OS. The van der Waals surface area contributed by atoms with Crippen molar-refractivity contribution in [2.24, 2.45) is 18.0 Å². The number of aliphatic imine (C=N–C) groups is 1. The molecular weight excluding hydrogens is 394 g/mol. The van der Waals surface area contributed by atoms with Crippen LogP contribution in [0.2, 0.25) is 0 Å². The van der Waals surface area contributed by atoms with Gasteiger partial charge in [0.15, 0.2) is 5.96 Å². The van der Waals surface area contributed by atoms with E-state index >= 15 is 0 Å². The largest absolute Gasteiger partial charge is 0.496 e. The van der Waals surface area contributed by atoms with Crippen LogP contribution in [0.25, 0.3) is 0 Å². The molecule has 1 heterocycles. The van der Waals surface area contributed by atoms with Crippen LogP contribution < -0.4 is 15.4 Å². The summed E-state index contributed by atoms with van der Waals surface area (Å²) in [5.74, 6) is 3.25. The van der Waals surface area contributed by atoms with Gasteiger partial charge in [-0.05, 0) is 57.7 Å². The van der Waals surface area contributed by atoms with Crippen LogP contribution in [0.3, 0.4) is 0 Å². The van der Waals surface area contributed by atoms with Gasteiger partial charge in [-0.3, -0.25) is 9.67 Å². The first-order valence-electron chi connectivity index (χ1n) is 10.6. The van der Waals surface area contributed by atoms with E-state index in [0.717, 1.165) is 42.7 Å². The van der Waals surface area contributed by atoms with Crippen LogP contribution in [-0.4, -0.2) is 47.7 Å². The minimum absolute atomic E-state index is 0.266. The van der Waals surface area contributed by atoms with Crippen molar-refractivity contribution < 1.29 is 4.74 Å². The number of thioether (sulfide) groups is 1. The van der Waals surface area contributed by atoms with E-state index in [0.29, 0.717) is 5.92 Å². The molecule has 30 heavy (non-hydrogen) atoms. The van der Waals surface area contributed by atoms with Gasteiger partial charge >= 0.3 is 0 Å². The highest BCUT2D eigenvalue weighted by Gasteiger charge is 2.14. The van der Waals surface area contributed by atoms with Gasteiger partial charge in [0.25, 0.3) is 0 Å². The number of methoxy groups -OCH3 is 1. The van der Waals surface area contributed by atoms with Crippen molar-refractivity contribution in [3.63, 3.8) is 0 Å². The number of aromatic nitrogens is 2. The molecule has 0 amide bonds. The van der Waals surface area contributed by atoms with Crippen molar-refractivity contribution in [1.29, 1.82) is 0 Å². The van der Waals surface area contributed by atoms with Crippen LogP contribution in [0.15, 0.2) is 34.2 Å². The van der Waals surface area contributed by atoms with Crippen LogP contribution in [-0.2, 0) is 13.5 Å².